The summed E-state index contributed by atoms with van der Waals surface area (Å²) in [6.45, 7) is 0. The molecule has 2 aliphatic carbocycles. The van der Waals surface area contributed by atoms with E-state index in [1.807, 2.05) is 0 Å². The van der Waals surface area contributed by atoms with Crippen molar-refractivity contribution >= 4 is 38.6 Å². The van der Waals surface area contributed by atoms with Gasteiger partial charge in [0.15, 0.2) is 0 Å². The van der Waals surface area contributed by atoms with Gasteiger partial charge in [0.1, 0.15) is 0 Å². The van der Waals surface area contributed by atoms with Crippen LogP contribution in [-0.4, -0.2) is 0 Å². The van der Waals surface area contributed by atoms with Crippen molar-refractivity contribution in [3.63, 3.8) is 0 Å². The monoisotopic (exact) mass is 733 g/mol. The molecular formula is C56H47N. The van der Waals surface area contributed by atoms with Crippen LogP contribution in [0.25, 0.3) is 54.9 Å². The minimum Gasteiger partial charge on any atom is -0.309 e. The molecule has 1 unspecified atom stereocenters. The second kappa shape index (κ2) is 15.6. The summed E-state index contributed by atoms with van der Waals surface area (Å²) in [5.41, 5.74) is 13.8. The SMILES string of the molecule is C1=CCC(c2ccc(-c3ccccc3)c(N(c3ccc(-c4cccc5ccccc45)cc3)c3ccccc3-c3cccc4cccc(C5CCCCC5)c34)c2)C=C1. The molecular weight excluding hydrogens is 687 g/mol. The van der Waals surface area contributed by atoms with E-state index in [0.717, 1.165) is 12.1 Å². The van der Waals surface area contributed by atoms with Crippen LogP contribution in [0.3, 0.4) is 0 Å². The van der Waals surface area contributed by atoms with Gasteiger partial charge in [0.05, 0.1) is 11.4 Å². The van der Waals surface area contributed by atoms with Crippen LogP contribution in [0.15, 0.2) is 200 Å². The second-order valence-electron chi connectivity index (χ2n) is 15.8. The van der Waals surface area contributed by atoms with Crippen LogP contribution < -0.4 is 4.90 Å². The van der Waals surface area contributed by atoms with Gasteiger partial charge < -0.3 is 4.90 Å². The zero-order chi connectivity index (χ0) is 38.0. The fraction of sp³-hybridized carbons (Fsp3) is 0.143. The largest absolute Gasteiger partial charge is 0.309 e. The number of para-hydroxylation sites is 1. The lowest BCUT2D eigenvalue weighted by molar-refractivity contribution is 0.445. The predicted octanol–water partition coefficient (Wildman–Crippen LogP) is 16.1. The van der Waals surface area contributed by atoms with E-state index in [4.69, 9.17) is 0 Å². The summed E-state index contributed by atoms with van der Waals surface area (Å²) in [6.07, 6.45) is 16.5. The molecule has 1 atom stereocenters. The average Bonchev–Trinajstić information content (AvgIpc) is 3.30. The van der Waals surface area contributed by atoms with Gasteiger partial charge in [0.25, 0.3) is 0 Å². The molecule has 0 amide bonds. The maximum absolute atomic E-state index is 2.54. The first-order valence-corrected chi connectivity index (χ1v) is 20.8. The molecule has 1 fully saturated rings. The number of benzene rings is 8. The van der Waals surface area contributed by atoms with E-state index in [9.17, 15) is 0 Å². The maximum Gasteiger partial charge on any atom is 0.0543 e. The lowest BCUT2D eigenvalue weighted by Gasteiger charge is -2.31. The summed E-state index contributed by atoms with van der Waals surface area (Å²) in [4.78, 5) is 2.54. The smallest absolute Gasteiger partial charge is 0.0543 e. The summed E-state index contributed by atoms with van der Waals surface area (Å²) >= 11 is 0. The van der Waals surface area contributed by atoms with Crippen molar-refractivity contribution in [3.8, 4) is 33.4 Å². The fourth-order valence-electron chi connectivity index (χ4n) is 9.57. The molecule has 0 bridgehead atoms. The Hall–Kier alpha value is -6.44. The van der Waals surface area contributed by atoms with Gasteiger partial charge >= 0.3 is 0 Å². The van der Waals surface area contributed by atoms with E-state index < -0.39 is 0 Å². The zero-order valence-electron chi connectivity index (χ0n) is 32.4. The minimum absolute atomic E-state index is 0.320. The lowest BCUT2D eigenvalue weighted by atomic mass is 9.80. The van der Waals surface area contributed by atoms with E-state index in [1.165, 1.54) is 110 Å². The number of nitrogens with zero attached hydrogens (tertiary/aromatic N) is 1. The molecule has 0 spiro atoms. The van der Waals surface area contributed by atoms with Gasteiger partial charge in [-0.3, -0.25) is 0 Å². The maximum atomic E-state index is 2.54. The first-order chi connectivity index (χ1) is 28.3. The van der Waals surface area contributed by atoms with Crippen molar-refractivity contribution in [3.05, 3.63) is 211 Å². The highest BCUT2D eigenvalue weighted by Crippen LogP contribution is 2.49. The highest BCUT2D eigenvalue weighted by molar-refractivity contribution is 6.04. The quantitative estimate of drug-likeness (QED) is 0.150. The molecule has 57 heavy (non-hydrogen) atoms. The van der Waals surface area contributed by atoms with E-state index in [1.54, 1.807) is 0 Å². The number of rotatable bonds is 8. The normalized spacial score (nSPS) is 15.6. The van der Waals surface area contributed by atoms with Crippen LogP contribution in [0, 0.1) is 0 Å². The Balaban J connectivity index is 1.21. The Morgan fingerprint density at radius 3 is 1.96 bits per heavy atom. The Morgan fingerprint density at radius 1 is 0.456 bits per heavy atom. The molecule has 10 rings (SSSR count). The number of hydrogen-bond donors (Lipinski definition) is 0. The van der Waals surface area contributed by atoms with Gasteiger partial charge in [-0.15, -0.1) is 0 Å². The van der Waals surface area contributed by atoms with Crippen LogP contribution in [-0.2, 0) is 0 Å². The zero-order valence-corrected chi connectivity index (χ0v) is 32.4. The first kappa shape index (κ1) is 35.0. The summed E-state index contributed by atoms with van der Waals surface area (Å²) < 4.78 is 0. The molecule has 1 heteroatoms. The second-order valence-corrected chi connectivity index (χ2v) is 15.8. The summed E-state index contributed by atoms with van der Waals surface area (Å²) in [5, 5.41) is 5.25. The Kier molecular flexibility index (Phi) is 9.58. The van der Waals surface area contributed by atoms with Crippen LogP contribution in [0.5, 0.6) is 0 Å². The van der Waals surface area contributed by atoms with Gasteiger partial charge in [-0.2, -0.15) is 0 Å². The molecule has 0 saturated heterocycles. The third-order valence-electron chi connectivity index (χ3n) is 12.4. The number of allylic oxidation sites excluding steroid dienone is 4. The Labute approximate surface area is 337 Å². The van der Waals surface area contributed by atoms with E-state index in [2.05, 4.69) is 205 Å². The van der Waals surface area contributed by atoms with Crippen LogP contribution >= 0.6 is 0 Å². The van der Waals surface area contributed by atoms with Gasteiger partial charge in [0, 0.05) is 22.7 Å². The topological polar surface area (TPSA) is 3.24 Å². The molecule has 8 aromatic carbocycles. The number of anilines is 3. The van der Waals surface area contributed by atoms with Crippen molar-refractivity contribution in [2.24, 2.45) is 0 Å². The summed E-state index contributed by atoms with van der Waals surface area (Å²) in [6, 6.07) is 65.7. The first-order valence-electron chi connectivity index (χ1n) is 20.8. The molecule has 0 aliphatic heterocycles. The fourth-order valence-corrected chi connectivity index (χ4v) is 9.57. The van der Waals surface area contributed by atoms with E-state index in [0.29, 0.717) is 11.8 Å². The van der Waals surface area contributed by atoms with Crippen molar-refractivity contribution < 1.29 is 0 Å². The highest BCUT2D eigenvalue weighted by Gasteiger charge is 2.25. The molecule has 1 saturated carbocycles. The van der Waals surface area contributed by atoms with E-state index in [-0.39, 0.29) is 0 Å². The molecule has 276 valence electrons. The molecule has 0 N–H and O–H groups in total. The molecule has 0 heterocycles. The Morgan fingerprint density at radius 2 is 1.14 bits per heavy atom. The minimum atomic E-state index is 0.320. The van der Waals surface area contributed by atoms with Gasteiger partial charge in [0.2, 0.25) is 0 Å². The molecule has 2 aliphatic rings. The average molecular weight is 734 g/mol. The van der Waals surface area contributed by atoms with Crippen molar-refractivity contribution in [1.82, 2.24) is 0 Å². The Bertz CT molecular complexity index is 2740. The van der Waals surface area contributed by atoms with Gasteiger partial charge in [-0.25, -0.2) is 0 Å². The third-order valence-corrected chi connectivity index (χ3v) is 12.4. The van der Waals surface area contributed by atoms with Crippen LogP contribution in [0.2, 0.25) is 0 Å². The third kappa shape index (κ3) is 6.78. The van der Waals surface area contributed by atoms with Gasteiger partial charge in [-0.1, -0.05) is 195 Å². The highest BCUT2D eigenvalue weighted by atomic mass is 15.1. The summed E-state index contributed by atoms with van der Waals surface area (Å²) in [5.74, 6) is 0.910. The summed E-state index contributed by atoms with van der Waals surface area (Å²) in [7, 11) is 0. The molecule has 0 aromatic heterocycles. The van der Waals surface area contributed by atoms with E-state index >= 15 is 0 Å². The van der Waals surface area contributed by atoms with Crippen LogP contribution in [0.4, 0.5) is 17.1 Å². The molecule has 1 nitrogen and oxygen atoms in total. The molecule has 8 aromatic rings. The van der Waals surface area contributed by atoms with Crippen LogP contribution in [0.1, 0.15) is 61.5 Å². The van der Waals surface area contributed by atoms with Crippen molar-refractivity contribution in [1.29, 1.82) is 0 Å². The number of fused-ring (bicyclic) bond motifs is 2. The van der Waals surface area contributed by atoms with Crippen molar-refractivity contribution in [2.45, 2.75) is 50.4 Å². The molecule has 0 radical (unpaired) electrons. The van der Waals surface area contributed by atoms with Gasteiger partial charge in [-0.05, 0) is 104 Å². The van der Waals surface area contributed by atoms with Crippen molar-refractivity contribution in [2.75, 3.05) is 4.90 Å². The standard InChI is InChI=1S/C56H47N/c1-4-17-40(18-5-1)46-35-38-50(42-19-6-2-7-20-42)55(39-46)57(47-36-33-44(34-37-47)49-29-14-24-41-23-10-11-27-48(41)49)54-32-13-12-28-52(54)53-31-16-26-45-25-15-30-51(56(45)53)43-21-8-3-9-22-43/h1-2,4-7,10-17,19-20,23-40,43H,3,8-9,18,21-22H2. The lowest BCUT2D eigenvalue weighted by Crippen LogP contribution is -2.13. The number of hydrogen-bond acceptors (Lipinski definition) is 1. The predicted molar refractivity (Wildman–Crippen MR) is 244 cm³/mol.